The number of likely N-dealkylation sites (tertiary alicyclic amines) is 1. The average Bonchev–Trinajstić information content (AvgIpc) is 2.42. The second kappa shape index (κ2) is 6.91. The Balaban J connectivity index is 1.82. The van der Waals surface area contributed by atoms with Gasteiger partial charge in [-0.1, -0.05) is 18.6 Å². The largest absolute Gasteiger partial charge is 0.325 e. The third-order valence-corrected chi connectivity index (χ3v) is 3.34. The molecule has 4 heteroatoms. The predicted octanol–water partition coefficient (Wildman–Crippen LogP) is 2.18. The summed E-state index contributed by atoms with van der Waals surface area (Å²) in [7, 11) is 0. The third kappa shape index (κ3) is 4.38. The van der Waals surface area contributed by atoms with Crippen molar-refractivity contribution in [2.45, 2.75) is 25.7 Å². The fourth-order valence-corrected chi connectivity index (χ4v) is 2.32. The second-order valence-electron chi connectivity index (χ2n) is 4.92. The maximum absolute atomic E-state index is 11.9. The molecule has 0 saturated carbocycles. The summed E-state index contributed by atoms with van der Waals surface area (Å²) in [4.78, 5) is 14.1. The van der Waals surface area contributed by atoms with E-state index in [9.17, 15) is 4.79 Å². The predicted molar refractivity (Wildman–Crippen MR) is 74.7 cm³/mol. The minimum Gasteiger partial charge on any atom is -0.325 e. The van der Waals surface area contributed by atoms with Crippen LogP contribution in [0.1, 0.15) is 24.8 Å². The molecule has 0 spiro atoms. The molecule has 0 unspecified atom stereocenters. The molecule has 1 aliphatic rings. The molecule has 1 aliphatic heterocycles. The van der Waals surface area contributed by atoms with Crippen molar-refractivity contribution >= 4 is 11.6 Å². The van der Waals surface area contributed by atoms with Crippen LogP contribution < -0.4 is 5.32 Å². The first-order chi connectivity index (χ1) is 9.28. The van der Waals surface area contributed by atoms with Crippen LogP contribution >= 0.6 is 0 Å². The molecule has 2 rings (SSSR count). The molecule has 1 aromatic rings. The van der Waals surface area contributed by atoms with Crippen LogP contribution in [0.15, 0.2) is 24.3 Å². The van der Waals surface area contributed by atoms with Crippen LogP contribution in [0.3, 0.4) is 0 Å². The van der Waals surface area contributed by atoms with E-state index in [0.717, 1.165) is 24.3 Å². The lowest BCUT2D eigenvalue weighted by atomic mass is 10.1. The van der Waals surface area contributed by atoms with Gasteiger partial charge in [-0.15, -0.1) is 0 Å². The van der Waals surface area contributed by atoms with E-state index in [1.54, 1.807) is 0 Å². The molecule has 0 aliphatic carbocycles. The molecular weight excluding hydrogens is 238 g/mol. The zero-order valence-corrected chi connectivity index (χ0v) is 11.1. The van der Waals surface area contributed by atoms with Crippen molar-refractivity contribution < 1.29 is 4.79 Å². The first-order valence-electron chi connectivity index (χ1n) is 6.76. The van der Waals surface area contributed by atoms with Gasteiger partial charge in [0.2, 0.25) is 5.91 Å². The van der Waals surface area contributed by atoms with Gasteiger partial charge < -0.3 is 5.32 Å². The Labute approximate surface area is 114 Å². The van der Waals surface area contributed by atoms with E-state index in [-0.39, 0.29) is 5.91 Å². The summed E-state index contributed by atoms with van der Waals surface area (Å²) in [5.41, 5.74) is 1.76. The maximum atomic E-state index is 11.9. The lowest BCUT2D eigenvalue weighted by Gasteiger charge is -2.25. The summed E-state index contributed by atoms with van der Waals surface area (Å²) in [6, 6.07) is 9.55. The van der Waals surface area contributed by atoms with Crippen molar-refractivity contribution in [3.05, 3.63) is 29.8 Å². The fourth-order valence-electron chi connectivity index (χ4n) is 2.32. The van der Waals surface area contributed by atoms with Gasteiger partial charge in [-0.2, -0.15) is 5.26 Å². The smallest absolute Gasteiger partial charge is 0.238 e. The van der Waals surface area contributed by atoms with Gasteiger partial charge in [0.05, 0.1) is 19.0 Å². The number of benzene rings is 1. The molecule has 0 radical (unpaired) electrons. The van der Waals surface area contributed by atoms with E-state index < -0.39 is 0 Å². The van der Waals surface area contributed by atoms with Crippen molar-refractivity contribution in [1.82, 2.24) is 4.90 Å². The minimum atomic E-state index is 0.0370. The standard InChI is InChI=1S/C15H19N3O/c16-9-8-13-4-6-14(7-5-13)17-15(19)12-18-10-2-1-3-11-18/h4-7H,1-3,8,10-12H2,(H,17,19). The number of hydrogen-bond donors (Lipinski definition) is 1. The molecule has 0 aromatic heterocycles. The van der Waals surface area contributed by atoms with E-state index in [4.69, 9.17) is 5.26 Å². The van der Waals surface area contributed by atoms with Crippen LogP contribution in [-0.4, -0.2) is 30.4 Å². The maximum Gasteiger partial charge on any atom is 0.238 e. The van der Waals surface area contributed by atoms with Crippen LogP contribution in [0.25, 0.3) is 0 Å². The summed E-state index contributed by atoms with van der Waals surface area (Å²) < 4.78 is 0. The van der Waals surface area contributed by atoms with Crippen molar-refractivity contribution in [3.8, 4) is 6.07 Å². The van der Waals surface area contributed by atoms with Crippen LogP contribution in [0, 0.1) is 11.3 Å². The molecule has 1 N–H and O–H groups in total. The van der Waals surface area contributed by atoms with Crippen LogP contribution in [0.4, 0.5) is 5.69 Å². The monoisotopic (exact) mass is 257 g/mol. The highest BCUT2D eigenvalue weighted by molar-refractivity contribution is 5.92. The van der Waals surface area contributed by atoms with E-state index in [1.807, 2.05) is 24.3 Å². The summed E-state index contributed by atoms with van der Waals surface area (Å²) in [5.74, 6) is 0.0370. The number of nitrogens with one attached hydrogen (secondary N) is 1. The van der Waals surface area contributed by atoms with Crippen molar-refractivity contribution in [2.75, 3.05) is 25.0 Å². The molecule has 0 bridgehead atoms. The van der Waals surface area contributed by atoms with Crippen LogP contribution in [0.2, 0.25) is 0 Å². The quantitative estimate of drug-likeness (QED) is 0.899. The van der Waals surface area contributed by atoms with Gasteiger partial charge in [0.25, 0.3) is 0 Å². The number of nitrogens with zero attached hydrogens (tertiary/aromatic N) is 2. The van der Waals surface area contributed by atoms with E-state index in [0.29, 0.717) is 13.0 Å². The van der Waals surface area contributed by atoms with E-state index in [2.05, 4.69) is 16.3 Å². The van der Waals surface area contributed by atoms with Crippen LogP contribution in [-0.2, 0) is 11.2 Å². The molecular formula is C15H19N3O. The lowest BCUT2D eigenvalue weighted by molar-refractivity contribution is -0.117. The topological polar surface area (TPSA) is 56.1 Å². The number of anilines is 1. The highest BCUT2D eigenvalue weighted by Gasteiger charge is 2.13. The first-order valence-corrected chi connectivity index (χ1v) is 6.76. The highest BCUT2D eigenvalue weighted by Crippen LogP contribution is 2.11. The summed E-state index contributed by atoms with van der Waals surface area (Å²) >= 11 is 0. The number of carbonyl (C=O) groups is 1. The Kier molecular flexibility index (Phi) is 4.93. The Morgan fingerprint density at radius 2 is 1.89 bits per heavy atom. The molecule has 1 amide bonds. The Morgan fingerprint density at radius 3 is 2.53 bits per heavy atom. The first kappa shape index (κ1) is 13.6. The molecule has 1 heterocycles. The summed E-state index contributed by atoms with van der Waals surface area (Å²) in [6.45, 7) is 2.52. The summed E-state index contributed by atoms with van der Waals surface area (Å²) in [6.07, 6.45) is 4.06. The van der Waals surface area contributed by atoms with Gasteiger partial charge in [-0.05, 0) is 43.6 Å². The molecule has 1 saturated heterocycles. The fraction of sp³-hybridized carbons (Fsp3) is 0.467. The minimum absolute atomic E-state index is 0.0370. The second-order valence-corrected chi connectivity index (χ2v) is 4.92. The number of carbonyl (C=O) groups excluding carboxylic acids is 1. The Morgan fingerprint density at radius 1 is 1.21 bits per heavy atom. The normalized spacial score (nSPS) is 15.7. The van der Waals surface area contributed by atoms with Gasteiger partial charge in [-0.25, -0.2) is 0 Å². The van der Waals surface area contributed by atoms with Crippen molar-refractivity contribution in [1.29, 1.82) is 5.26 Å². The van der Waals surface area contributed by atoms with Gasteiger partial charge >= 0.3 is 0 Å². The van der Waals surface area contributed by atoms with Crippen LogP contribution in [0.5, 0.6) is 0 Å². The van der Waals surface area contributed by atoms with E-state index in [1.165, 1.54) is 19.3 Å². The summed E-state index contributed by atoms with van der Waals surface area (Å²) in [5, 5.41) is 11.5. The van der Waals surface area contributed by atoms with Gasteiger partial charge in [0.1, 0.15) is 0 Å². The number of rotatable bonds is 4. The number of piperidine rings is 1. The lowest BCUT2D eigenvalue weighted by Crippen LogP contribution is -2.36. The molecule has 19 heavy (non-hydrogen) atoms. The molecule has 4 nitrogen and oxygen atoms in total. The molecule has 0 atom stereocenters. The SMILES string of the molecule is N#CCc1ccc(NC(=O)CN2CCCCC2)cc1. The van der Waals surface area contributed by atoms with Gasteiger partial charge in [-0.3, -0.25) is 9.69 Å². The van der Waals surface area contributed by atoms with Crippen molar-refractivity contribution in [3.63, 3.8) is 0 Å². The molecule has 100 valence electrons. The number of amides is 1. The average molecular weight is 257 g/mol. The zero-order chi connectivity index (χ0) is 13.5. The Bertz CT molecular complexity index is 455. The highest BCUT2D eigenvalue weighted by atomic mass is 16.2. The van der Waals surface area contributed by atoms with Gasteiger partial charge in [0.15, 0.2) is 0 Å². The van der Waals surface area contributed by atoms with Crippen molar-refractivity contribution in [2.24, 2.45) is 0 Å². The van der Waals surface area contributed by atoms with E-state index >= 15 is 0 Å². The zero-order valence-electron chi connectivity index (χ0n) is 11.1. The van der Waals surface area contributed by atoms with Gasteiger partial charge in [0, 0.05) is 5.69 Å². The third-order valence-electron chi connectivity index (χ3n) is 3.34. The Hall–Kier alpha value is -1.86. The molecule has 1 fully saturated rings. The molecule has 1 aromatic carbocycles. The number of nitriles is 1. The number of hydrogen-bond acceptors (Lipinski definition) is 3.